The molecule has 5 nitrogen and oxygen atoms in total. The van der Waals surface area contributed by atoms with Gasteiger partial charge in [0.25, 0.3) is 0 Å². The first-order valence-electron chi connectivity index (χ1n) is 7.50. The van der Waals surface area contributed by atoms with Gasteiger partial charge < -0.3 is 14.4 Å². The molecule has 1 aromatic heterocycles. The molecule has 1 aliphatic rings. The minimum atomic E-state index is 0.698. The summed E-state index contributed by atoms with van der Waals surface area (Å²) >= 11 is 0. The highest BCUT2D eigenvalue weighted by Crippen LogP contribution is 2.31. The molecule has 2 heterocycles. The molecule has 112 valence electrons. The minimum absolute atomic E-state index is 0.698. The average molecular weight is 287 g/mol. The van der Waals surface area contributed by atoms with Crippen molar-refractivity contribution in [2.75, 3.05) is 33.4 Å². The largest absolute Gasteiger partial charge is 0.493 e. The third-order valence-electron chi connectivity index (χ3n) is 3.86. The van der Waals surface area contributed by atoms with Gasteiger partial charge in [-0.15, -0.1) is 0 Å². The Morgan fingerprint density at radius 2 is 2.05 bits per heavy atom. The van der Waals surface area contributed by atoms with E-state index in [0.29, 0.717) is 6.61 Å². The molecule has 3 rings (SSSR count). The average Bonchev–Trinajstić information content (AvgIpc) is 3.04. The third-order valence-corrected chi connectivity index (χ3v) is 3.86. The van der Waals surface area contributed by atoms with Crippen molar-refractivity contribution in [1.29, 1.82) is 0 Å². The van der Waals surface area contributed by atoms with E-state index in [4.69, 9.17) is 9.47 Å². The van der Waals surface area contributed by atoms with Crippen molar-refractivity contribution in [2.24, 2.45) is 0 Å². The van der Waals surface area contributed by atoms with Crippen molar-refractivity contribution in [1.82, 2.24) is 14.9 Å². The Morgan fingerprint density at radius 3 is 2.86 bits per heavy atom. The van der Waals surface area contributed by atoms with Crippen LogP contribution in [0.1, 0.15) is 19.3 Å². The van der Waals surface area contributed by atoms with Gasteiger partial charge in [-0.1, -0.05) is 0 Å². The molecule has 0 unspecified atom stereocenters. The van der Waals surface area contributed by atoms with Crippen LogP contribution >= 0.6 is 0 Å². The molecular weight excluding hydrogens is 266 g/mol. The van der Waals surface area contributed by atoms with Gasteiger partial charge in [0.1, 0.15) is 6.33 Å². The number of fused-ring (bicyclic) bond motifs is 1. The summed E-state index contributed by atoms with van der Waals surface area (Å²) in [6.45, 7) is 4.27. The molecule has 21 heavy (non-hydrogen) atoms. The third kappa shape index (κ3) is 3.42. The monoisotopic (exact) mass is 287 g/mol. The molecule has 5 heteroatoms. The van der Waals surface area contributed by atoms with Gasteiger partial charge in [0.2, 0.25) is 0 Å². The fourth-order valence-electron chi connectivity index (χ4n) is 2.74. The number of hydrogen-bond donors (Lipinski definition) is 0. The molecule has 1 fully saturated rings. The predicted molar refractivity (Wildman–Crippen MR) is 81.9 cm³/mol. The van der Waals surface area contributed by atoms with Gasteiger partial charge in [-0.2, -0.15) is 0 Å². The van der Waals surface area contributed by atoms with Gasteiger partial charge in [0, 0.05) is 24.2 Å². The second kappa shape index (κ2) is 6.72. The quantitative estimate of drug-likeness (QED) is 0.764. The zero-order chi connectivity index (χ0) is 14.5. The molecule has 0 atom stereocenters. The number of rotatable bonds is 6. The number of hydrogen-bond acceptors (Lipinski definition) is 5. The van der Waals surface area contributed by atoms with E-state index in [1.807, 2.05) is 12.1 Å². The SMILES string of the molecule is COc1cc2cncnc2cc1OCCCN1CCCC1. The Balaban J connectivity index is 1.62. The number of ether oxygens (including phenoxy) is 2. The van der Waals surface area contributed by atoms with Gasteiger partial charge in [0.05, 0.1) is 19.2 Å². The van der Waals surface area contributed by atoms with E-state index >= 15 is 0 Å². The molecule has 1 aromatic carbocycles. The zero-order valence-electron chi connectivity index (χ0n) is 12.4. The number of aromatic nitrogens is 2. The Labute approximate surface area is 124 Å². The molecule has 2 aromatic rings. The van der Waals surface area contributed by atoms with E-state index in [0.717, 1.165) is 35.4 Å². The summed E-state index contributed by atoms with van der Waals surface area (Å²) in [4.78, 5) is 10.8. The summed E-state index contributed by atoms with van der Waals surface area (Å²) in [5.41, 5.74) is 0.875. The number of methoxy groups -OCH3 is 1. The molecule has 1 saturated heterocycles. The topological polar surface area (TPSA) is 47.5 Å². The Morgan fingerprint density at radius 1 is 1.19 bits per heavy atom. The van der Waals surface area contributed by atoms with Crippen LogP contribution in [0.15, 0.2) is 24.7 Å². The highest BCUT2D eigenvalue weighted by molar-refractivity contribution is 5.81. The minimum Gasteiger partial charge on any atom is -0.493 e. The lowest BCUT2D eigenvalue weighted by atomic mass is 10.2. The smallest absolute Gasteiger partial charge is 0.163 e. The van der Waals surface area contributed by atoms with E-state index in [1.165, 1.54) is 25.9 Å². The van der Waals surface area contributed by atoms with Gasteiger partial charge in [-0.05, 0) is 38.4 Å². The molecule has 0 N–H and O–H groups in total. The van der Waals surface area contributed by atoms with E-state index in [2.05, 4.69) is 14.9 Å². The van der Waals surface area contributed by atoms with Gasteiger partial charge in [0.15, 0.2) is 11.5 Å². The normalized spacial score (nSPS) is 15.5. The summed E-state index contributed by atoms with van der Waals surface area (Å²) in [6, 6.07) is 3.84. The van der Waals surface area contributed by atoms with Crippen LogP contribution in [0.4, 0.5) is 0 Å². The molecule has 0 spiro atoms. The molecule has 1 aliphatic heterocycles. The van der Waals surface area contributed by atoms with Gasteiger partial charge in [-0.3, -0.25) is 0 Å². The van der Waals surface area contributed by atoms with E-state index in [9.17, 15) is 0 Å². The first kappa shape index (κ1) is 14.1. The van der Waals surface area contributed by atoms with Crippen LogP contribution in [-0.4, -0.2) is 48.2 Å². The summed E-state index contributed by atoms with van der Waals surface area (Å²) < 4.78 is 11.3. The second-order valence-electron chi connectivity index (χ2n) is 5.34. The van der Waals surface area contributed by atoms with Crippen LogP contribution < -0.4 is 9.47 Å². The Kier molecular flexibility index (Phi) is 4.50. The Bertz CT molecular complexity index is 597. The van der Waals surface area contributed by atoms with Crippen LogP contribution in [0, 0.1) is 0 Å². The first-order chi connectivity index (χ1) is 10.4. The van der Waals surface area contributed by atoms with Crippen molar-refractivity contribution < 1.29 is 9.47 Å². The Hall–Kier alpha value is -1.88. The molecule has 0 bridgehead atoms. The van der Waals surface area contributed by atoms with E-state index < -0.39 is 0 Å². The van der Waals surface area contributed by atoms with Crippen LogP contribution in [0.2, 0.25) is 0 Å². The summed E-state index contributed by atoms with van der Waals surface area (Å²) in [5, 5.41) is 0.957. The van der Waals surface area contributed by atoms with Crippen molar-refractivity contribution in [3.63, 3.8) is 0 Å². The molecule has 0 amide bonds. The second-order valence-corrected chi connectivity index (χ2v) is 5.34. The van der Waals surface area contributed by atoms with Gasteiger partial charge in [-0.25, -0.2) is 9.97 Å². The van der Waals surface area contributed by atoms with Gasteiger partial charge >= 0.3 is 0 Å². The van der Waals surface area contributed by atoms with Crippen LogP contribution in [0.3, 0.4) is 0 Å². The molecule has 0 saturated carbocycles. The van der Waals surface area contributed by atoms with E-state index in [-0.39, 0.29) is 0 Å². The number of benzene rings is 1. The lowest BCUT2D eigenvalue weighted by molar-refractivity contribution is 0.254. The lowest BCUT2D eigenvalue weighted by Crippen LogP contribution is -2.21. The molecular formula is C16H21N3O2. The van der Waals surface area contributed by atoms with Crippen LogP contribution in [0.5, 0.6) is 11.5 Å². The fourth-order valence-corrected chi connectivity index (χ4v) is 2.74. The maximum atomic E-state index is 5.88. The lowest BCUT2D eigenvalue weighted by Gasteiger charge is -2.15. The summed E-state index contributed by atoms with van der Waals surface area (Å²) in [5.74, 6) is 1.49. The number of likely N-dealkylation sites (tertiary alicyclic amines) is 1. The maximum absolute atomic E-state index is 5.88. The van der Waals surface area contributed by atoms with Crippen LogP contribution in [-0.2, 0) is 0 Å². The highest BCUT2D eigenvalue weighted by atomic mass is 16.5. The molecule has 0 radical (unpaired) electrons. The maximum Gasteiger partial charge on any atom is 0.163 e. The molecule has 0 aliphatic carbocycles. The van der Waals surface area contributed by atoms with Crippen molar-refractivity contribution in [2.45, 2.75) is 19.3 Å². The fraction of sp³-hybridized carbons (Fsp3) is 0.500. The van der Waals surface area contributed by atoms with Crippen LogP contribution in [0.25, 0.3) is 10.9 Å². The zero-order valence-corrected chi connectivity index (χ0v) is 12.4. The highest BCUT2D eigenvalue weighted by Gasteiger charge is 2.11. The number of nitrogens with zero attached hydrogens (tertiary/aromatic N) is 3. The van der Waals surface area contributed by atoms with Crippen molar-refractivity contribution >= 4 is 10.9 Å². The summed E-state index contributed by atoms with van der Waals surface area (Å²) in [7, 11) is 1.65. The van der Waals surface area contributed by atoms with Crippen molar-refractivity contribution in [3.8, 4) is 11.5 Å². The summed E-state index contributed by atoms with van der Waals surface area (Å²) in [6.07, 6.45) is 7.02. The predicted octanol–water partition coefficient (Wildman–Crippen LogP) is 2.50. The van der Waals surface area contributed by atoms with Crippen molar-refractivity contribution in [3.05, 3.63) is 24.7 Å². The van der Waals surface area contributed by atoms with E-state index in [1.54, 1.807) is 19.6 Å². The standard InChI is InChI=1S/C16H21N3O2/c1-20-15-9-13-11-17-12-18-14(13)10-16(15)21-8-4-7-19-5-2-3-6-19/h9-12H,2-8H2,1H3. The first-order valence-corrected chi connectivity index (χ1v) is 7.50.